The largest absolute Gasteiger partial charge is 0.416 e. The first kappa shape index (κ1) is 14.4. The van der Waals surface area contributed by atoms with Gasteiger partial charge in [0, 0.05) is 6.07 Å². The molecule has 0 atom stereocenters. The first-order valence-corrected chi connectivity index (χ1v) is 6.80. The van der Waals surface area contributed by atoms with Crippen LogP contribution in [0.3, 0.4) is 0 Å². The molecule has 0 amide bonds. The summed E-state index contributed by atoms with van der Waals surface area (Å²) in [6.45, 7) is 1.57. The number of alkyl halides is 3. The predicted molar refractivity (Wildman–Crippen MR) is 63.5 cm³/mol. The van der Waals surface area contributed by atoms with E-state index in [0.717, 1.165) is 12.1 Å². The molecule has 0 aliphatic rings. The second-order valence-electron chi connectivity index (χ2n) is 3.95. The molecule has 1 N–H and O–H groups in total. The first-order chi connectivity index (χ1) is 9.18. The molecule has 0 radical (unpaired) electrons. The van der Waals surface area contributed by atoms with Gasteiger partial charge in [-0.2, -0.15) is 13.2 Å². The van der Waals surface area contributed by atoms with E-state index in [1.54, 1.807) is 6.92 Å². The van der Waals surface area contributed by atoms with Gasteiger partial charge in [0.15, 0.2) is 5.82 Å². The Morgan fingerprint density at radius 2 is 1.80 bits per heavy atom. The predicted octanol–water partition coefficient (Wildman–Crippen LogP) is 2.80. The normalized spacial score (nSPS) is 12.4. The molecule has 1 aromatic heterocycles. The number of aryl methyl sites for hydroxylation is 1. The molecule has 2 aromatic rings. The zero-order chi connectivity index (χ0) is 15.0. The molecular formula is C11H9F3N2O3S. The molecule has 0 saturated carbocycles. The SMILES string of the molecule is Cc1cc(NS(=O)(=O)c2ccc(C(F)(F)F)cc2)no1. The van der Waals surface area contributed by atoms with Crippen LogP contribution in [0.2, 0.25) is 0 Å². The van der Waals surface area contributed by atoms with Crippen molar-refractivity contribution in [2.75, 3.05) is 4.72 Å². The van der Waals surface area contributed by atoms with Crippen molar-refractivity contribution in [3.05, 3.63) is 41.7 Å². The van der Waals surface area contributed by atoms with Crippen molar-refractivity contribution in [3.8, 4) is 0 Å². The Morgan fingerprint density at radius 1 is 1.20 bits per heavy atom. The molecular weight excluding hydrogens is 297 g/mol. The van der Waals surface area contributed by atoms with Crippen molar-refractivity contribution < 1.29 is 26.1 Å². The second kappa shape index (κ2) is 4.82. The highest BCUT2D eigenvalue weighted by Gasteiger charge is 2.30. The van der Waals surface area contributed by atoms with E-state index in [-0.39, 0.29) is 10.7 Å². The van der Waals surface area contributed by atoms with Crippen LogP contribution in [0.25, 0.3) is 0 Å². The van der Waals surface area contributed by atoms with Gasteiger partial charge in [-0.25, -0.2) is 8.42 Å². The number of aromatic nitrogens is 1. The summed E-state index contributed by atoms with van der Waals surface area (Å²) in [5.74, 6) is 0.359. The molecule has 0 aliphatic carbocycles. The maximum atomic E-state index is 12.4. The van der Waals surface area contributed by atoms with Gasteiger partial charge in [-0.1, -0.05) is 5.16 Å². The fourth-order valence-corrected chi connectivity index (χ4v) is 2.42. The van der Waals surface area contributed by atoms with E-state index >= 15 is 0 Å². The van der Waals surface area contributed by atoms with E-state index in [1.165, 1.54) is 6.07 Å². The number of hydrogen-bond acceptors (Lipinski definition) is 4. The lowest BCUT2D eigenvalue weighted by Gasteiger charge is -2.08. The minimum Gasteiger partial charge on any atom is -0.360 e. The molecule has 2 rings (SSSR count). The molecule has 1 heterocycles. The first-order valence-electron chi connectivity index (χ1n) is 5.32. The van der Waals surface area contributed by atoms with Crippen molar-refractivity contribution in [1.29, 1.82) is 0 Å². The van der Waals surface area contributed by atoms with Gasteiger partial charge in [0.05, 0.1) is 10.5 Å². The zero-order valence-corrected chi connectivity index (χ0v) is 10.9. The lowest BCUT2D eigenvalue weighted by molar-refractivity contribution is -0.137. The maximum absolute atomic E-state index is 12.4. The van der Waals surface area contributed by atoms with Gasteiger partial charge in [0.25, 0.3) is 10.0 Å². The molecule has 5 nitrogen and oxygen atoms in total. The lowest BCUT2D eigenvalue weighted by Crippen LogP contribution is -2.13. The number of benzene rings is 1. The summed E-state index contributed by atoms with van der Waals surface area (Å²) in [7, 11) is -4.00. The van der Waals surface area contributed by atoms with Crippen LogP contribution in [0.15, 0.2) is 39.8 Å². The second-order valence-corrected chi connectivity index (χ2v) is 5.63. The Morgan fingerprint density at radius 3 is 2.25 bits per heavy atom. The highest BCUT2D eigenvalue weighted by atomic mass is 32.2. The van der Waals surface area contributed by atoms with Crippen LogP contribution < -0.4 is 4.72 Å². The summed E-state index contributed by atoms with van der Waals surface area (Å²) in [6, 6.07) is 4.49. The summed E-state index contributed by atoms with van der Waals surface area (Å²) >= 11 is 0. The number of hydrogen-bond donors (Lipinski definition) is 1. The third-order valence-corrected chi connectivity index (χ3v) is 3.73. The number of nitrogens with zero attached hydrogens (tertiary/aromatic N) is 1. The molecule has 0 bridgehead atoms. The van der Waals surface area contributed by atoms with Gasteiger partial charge in [0.2, 0.25) is 0 Å². The molecule has 1 aromatic carbocycles. The topological polar surface area (TPSA) is 72.2 Å². The average molecular weight is 306 g/mol. The van der Waals surface area contributed by atoms with Crippen molar-refractivity contribution in [2.24, 2.45) is 0 Å². The van der Waals surface area contributed by atoms with Gasteiger partial charge < -0.3 is 4.52 Å². The smallest absolute Gasteiger partial charge is 0.360 e. The van der Waals surface area contributed by atoms with Crippen molar-refractivity contribution >= 4 is 15.8 Å². The summed E-state index contributed by atoms with van der Waals surface area (Å²) in [4.78, 5) is -0.300. The van der Waals surface area contributed by atoms with Crippen LogP contribution >= 0.6 is 0 Å². The third-order valence-electron chi connectivity index (χ3n) is 2.36. The fraction of sp³-hybridized carbons (Fsp3) is 0.182. The Balaban J connectivity index is 2.26. The minimum absolute atomic E-state index is 0.0394. The van der Waals surface area contributed by atoms with E-state index < -0.39 is 21.8 Å². The van der Waals surface area contributed by atoms with Gasteiger partial charge in [0.1, 0.15) is 5.76 Å². The number of halogens is 3. The van der Waals surface area contributed by atoms with Crippen molar-refractivity contribution in [2.45, 2.75) is 18.0 Å². The Labute approximate surface area is 112 Å². The molecule has 0 spiro atoms. The number of sulfonamides is 1. The molecule has 20 heavy (non-hydrogen) atoms. The molecule has 0 saturated heterocycles. The highest BCUT2D eigenvalue weighted by Crippen LogP contribution is 2.29. The molecule has 0 unspecified atom stereocenters. The van der Waals surface area contributed by atoms with Gasteiger partial charge >= 0.3 is 6.18 Å². The number of rotatable bonds is 3. The van der Waals surface area contributed by atoms with Gasteiger partial charge in [-0.15, -0.1) is 0 Å². The Bertz CT molecular complexity index is 705. The average Bonchev–Trinajstić information content (AvgIpc) is 2.73. The lowest BCUT2D eigenvalue weighted by atomic mass is 10.2. The standard InChI is InChI=1S/C11H9F3N2O3S/c1-7-6-10(15-19-7)16-20(17,18)9-4-2-8(3-5-9)11(12,13)14/h2-6H,1H3,(H,15,16). The van der Waals surface area contributed by atoms with Crippen LogP contribution in [-0.2, 0) is 16.2 Å². The van der Waals surface area contributed by atoms with E-state index in [4.69, 9.17) is 0 Å². The zero-order valence-electron chi connectivity index (χ0n) is 10.1. The van der Waals surface area contributed by atoms with Crippen LogP contribution in [0.5, 0.6) is 0 Å². The Hall–Kier alpha value is -2.03. The molecule has 0 fully saturated rings. The van der Waals surface area contributed by atoms with Crippen LogP contribution in [0.1, 0.15) is 11.3 Å². The monoisotopic (exact) mass is 306 g/mol. The summed E-state index contributed by atoms with van der Waals surface area (Å²) in [5, 5.41) is 3.44. The van der Waals surface area contributed by atoms with Crippen LogP contribution in [0.4, 0.5) is 19.0 Å². The third kappa shape index (κ3) is 3.10. The Kier molecular flexibility index (Phi) is 3.46. The summed E-state index contributed by atoms with van der Waals surface area (Å²) < 4.78 is 67.7. The van der Waals surface area contributed by atoms with Crippen molar-refractivity contribution in [1.82, 2.24) is 5.16 Å². The summed E-state index contributed by atoms with van der Waals surface area (Å²) in [6.07, 6.45) is -4.51. The maximum Gasteiger partial charge on any atom is 0.416 e. The van der Waals surface area contributed by atoms with Crippen molar-refractivity contribution in [3.63, 3.8) is 0 Å². The van der Waals surface area contributed by atoms with Crippen LogP contribution in [0, 0.1) is 6.92 Å². The van der Waals surface area contributed by atoms with Gasteiger partial charge in [-0.05, 0) is 31.2 Å². The number of nitrogens with one attached hydrogen (secondary N) is 1. The van der Waals surface area contributed by atoms with E-state index in [9.17, 15) is 21.6 Å². The molecule has 0 aliphatic heterocycles. The molecule has 9 heteroatoms. The minimum atomic E-state index is -4.51. The van der Waals surface area contributed by atoms with Crippen LogP contribution in [-0.4, -0.2) is 13.6 Å². The molecule has 108 valence electrons. The van der Waals surface area contributed by atoms with E-state index in [2.05, 4.69) is 14.4 Å². The van der Waals surface area contributed by atoms with E-state index in [1.807, 2.05) is 0 Å². The van der Waals surface area contributed by atoms with E-state index in [0.29, 0.717) is 17.9 Å². The fourth-order valence-electron chi connectivity index (χ4n) is 1.43. The number of anilines is 1. The van der Waals surface area contributed by atoms with Gasteiger partial charge in [-0.3, -0.25) is 4.72 Å². The highest BCUT2D eigenvalue weighted by molar-refractivity contribution is 7.92. The summed E-state index contributed by atoms with van der Waals surface area (Å²) in [5.41, 5.74) is -0.922. The quantitative estimate of drug-likeness (QED) is 0.946.